The van der Waals surface area contributed by atoms with E-state index >= 15 is 0 Å². The molecule has 0 saturated carbocycles. The monoisotopic (exact) mass is 229 g/mol. The van der Waals surface area contributed by atoms with Crippen molar-refractivity contribution in [3.8, 4) is 11.4 Å². The number of hydrogen-bond acceptors (Lipinski definition) is 3. The van der Waals surface area contributed by atoms with Crippen molar-refractivity contribution in [1.29, 1.82) is 0 Å². The quantitative estimate of drug-likeness (QED) is 0.877. The maximum absolute atomic E-state index is 5.58. The molecule has 1 saturated heterocycles. The topological polar surface area (TPSA) is 50.8 Å². The van der Waals surface area contributed by atoms with Crippen LogP contribution in [0.25, 0.3) is 11.4 Å². The normalized spacial score (nSPS) is 19.6. The Morgan fingerprint density at radius 2 is 2.18 bits per heavy atom. The van der Waals surface area contributed by atoms with E-state index in [-0.39, 0.29) is 0 Å². The number of benzene rings is 1. The molecule has 4 heteroatoms. The summed E-state index contributed by atoms with van der Waals surface area (Å²) in [6.07, 6.45) is 3.43. The number of aromatic nitrogens is 3. The van der Waals surface area contributed by atoms with E-state index in [1.807, 2.05) is 30.3 Å². The van der Waals surface area contributed by atoms with E-state index in [0.717, 1.165) is 43.1 Å². The second-order valence-electron chi connectivity index (χ2n) is 4.31. The fourth-order valence-electron chi connectivity index (χ4n) is 2.12. The van der Waals surface area contributed by atoms with Gasteiger partial charge < -0.3 is 4.74 Å². The molecule has 0 radical (unpaired) electrons. The van der Waals surface area contributed by atoms with E-state index in [2.05, 4.69) is 15.2 Å². The number of H-pyrrole nitrogens is 1. The van der Waals surface area contributed by atoms with E-state index in [1.54, 1.807) is 0 Å². The Morgan fingerprint density at radius 3 is 2.94 bits per heavy atom. The highest BCUT2D eigenvalue weighted by atomic mass is 16.5. The summed E-state index contributed by atoms with van der Waals surface area (Å²) in [6.45, 7) is 0.879. The number of rotatable bonds is 3. The number of nitrogens with one attached hydrogen (secondary N) is 1. The van der Waals surface area contributed by atoms with Gasteiger partial charge in [-0.2, -0.15) is 5.10 Å². The van der Waals surface area contributed by atoms with E-state index in [1.165, 1.54) is 0 Å². The molecule has 3 rings (SSSR count). The highest BCUT2D eigenvalue weighted by molar-refractivity contribution is 5.53. The van der Waals surface area contributed by atoms with Gasteiger partial charge in [-0.25, -0.2) is 4.98 Å². The van der Waals surface area contributed by atoms with Crippen molar-refractivity contribution in [2.24, 2.45) is 0 Å². The van der Waals surface area contributed by atoms with E-state index in [4.69, 9.17) is 4.74 Å². The fourth-order valence-corrected chi connectivity index (χ4v) is 2.12. The zero-order valence-electron chi connectivity index (χ0n) is 9.60. The van der Waals surface area contributed by atoms with Gasteiger partial charge in [0.05, 0.1) is 6.10 Å². The molecule has 17 heavy (non-hydrogen) atoms. The Hall–Kier alpha value is -1.68. The molecule has 2 aromatic rings. The standard InChI is InChI=1S/C13H15N3O/c1-2-5-10(6-3-1)13-14-12(15-16-13)9-11-7-4-8-17-11/h1-3,5-6,11H,4,7-9H2,(H,14,15,16). The Kier molecular flexibility index (Phi) is 2.88. The van der Waals surface area contributed by atoms with Crippen LogP contribution in [0, 0.1) is 0 Å². The number of nitrogens with zero attached hydrogens (tertiary/aromatic N) is 2. The molecule has 4 nitrogen and oxygen atoms in total. The van der Waals surface area contributed by atoms with Crippen molar-refractivity contribution in [1.82, 2.24) is 15.2 Å². The van der Waals surface area contributed by atoms with Crippen LogP contribution in [0.5, 0.6) is 0 Å². The molecule has 1 fully saturated rings. The average molecular weight is 229 g/mol. The predicted octanol–water partition coefficient (Wildman–Crippen LogP) is 2.19. The van der Waals surface area contributed by atoms with Crippen LogP contribution in [0.15, 0.2) is 30.3 Å². The molecule has 1 atom stereocenters. The van der Waals surface area contributed by atoms with Crippen LogP contribution >= 0.6 is 0 Å². The van der Waals surface area contributed by atoms with E-state index in [9.17, 15) is 0 Å². The lowest BCUT2D eigenvalue weighted by Gasteiger charge is -2.04. The third-order valence-corrected chi connectivity index (χ3v) is 3.01. The molecule has 0 amide bonds. The van der Waals surface area contributed by atoms with Gasteiger partial charge in [-0.3, -0.25) is 5.10 Å². The second kappa shape index (κ2) is 4.67. The summed E-state index contributed by atoms with van der Waals surface area (Å²) >= 11 is 0. The summed E-state index contributed by atoms with van der Waals surface area (Å²) in [5.41, 5.74) is 1.04. The summed E-state index contributed by atoms with van der Waals surface area (Å²) in [6, 6.07) is 10.00. The smallest absolute Gasteiger partial charge is 0.181 e. The molecule has 1 aromatic heterocycles. The lowest BCUT2D eigenvalue weighted by molar-refractivity contribution is 0.110. The SMILES string of the molecule is c1ccc(-c2n[nH]c(CC3CCCO3)n2)cc1. The number of ether oxygens (including phenoxy) is 1. The first kappa shape index (κ1) is 10.5. The molecule has 1 aliphatic heterocycles. The fraction of sp³-hybridized carbons (Fsp3) is 0.385. The van der Waals surface area contributed by atoms with E-state index in [0.29, 0.717) is 6.10 Å². The van der Waals surface area contributed by atoms with Gasteiger partial charge >= 0.3 is 0 Å². The molecule has 0 spiro atoms. The molecule has 0 aliphatic carbocycles. The Balaban J connectivity index is 1.74. The van der Waals surface area contributed by atoms with Gasteiger partial charge in [0, 0.05) is 18.6 Å². The van der Waals surface area contributed by atoms with Gasteiger partial charge in [-0.05, 0) is 12.8 Å². The van der Waals surface area contributed by atoms with Gasteiger partial charge in [-0.15, -0.1) is 0 Å². The summed E-state index contributed by atoms with van der Waals surface area (Å²) in [4.78, 5) is 4.50. The van der Waals surface area contributed by atoms with Gasteiger partial charge in [-0.1, -0.05) is 30.3 Å². The summed E-state index contributed by atoms with van der Waals surface area (Å²) in [5.74, 6) is 1.68. The molecule has 1 unspecified atom stereocenters. The minimum atomic E-state index is 0.312. The summed E-state index contributed by atoms with van der Waals surface area (Å²) in [7, 11) is 0. The average Bonchev–Trinajstić information content (AvgIpc) is 3.02. The van der Waals surface area contributed by atoms with Crippen LogP contribution in [0.4, 0.5) is 0 Å². The third-order valence-electron chi connectivity index (χ3n) is 3.01. The van der Waals surface area contributed by atoms with Crippen LogP contribution in [0.1, 0.15) is 18.7 Å². The first-order chi connectivity index (χ1) is 8.42. The van der Waals surface area contributed by atoms with Crippen molar-refractivity contribution >= 4 is 0 Å². The molecule has 88 valence electrons. The highest BCUT2D eigenvalue weighted by Crippen LogP contribution is 2.17. The molecule has 1 aliphatic rings. The Bertz CT molecular complexity index is 474. The summed E-state index contributed by atoms with van der Waals surface area (Å²) in [5, 5.41) is 7.23. The zero-order chi connectivity index (χ0) is 11.5. The molecule has 2 heterocycles. The first-order valence-electron chi connectivity index (χ1n) is 6.00. The van der Waals surface area contributed by atoms with Crippen molar-refractivity contribution in [2.75, 3.05) is 6.61 Å². The molecular weight excluding hydrogens is 214 g/mol. The first-order valence-corrected chi connectivity index (χ1v) is 6.00. The van der Waals surface area contributed by atoms with Crippen LogP contribution in [-0.4, -0.2) is 27.9 Å². The van der Waals surface area contributed by atoms with Crippen LogP contribution in [0.3, 0.4) is 0 Å². The second-order valence-corrected chi connectivity index (χ2v) is 4.31. The largest absolute Gasteiger partial charge is 0.378 e. The lowest BCUT2D eigenvalue weighted by Crippen LogP contribution is -2.09. The molecule has 1 N–H and O–H groups in total. The number of aromatic amines is 1. The summed E-state index contributed by atoms with van der Waals surface area (Å²) < 4.78 is 5.58. The van der Waals surface area contributed by atoms with Crippen LogP contribution in [0.2, 0.25) is 0 Å². The van der Waals surface area contributed by atoms with Gasteiger partial charge in [0.25, 0.3) is 0 Å². The maximum Gasteiger partial charge on any atom is 0.181 e. The third kappa shape index (κ3) is 2.36. The van der Waals surface area contributed by atoms with Crippen LogP contribution in [-0.2, 0) is 11.2 Å². The van der Waals surface area contributed by atoms with Crippen molar-refractivity contribution in [3.63, 3.8) is 0 Å². The minimum absolute atomic E-state index is 0.312. The minimum Gasteiger partial charge on any atom is -0.378 e. The Morgan fingerprint density at radius 1 is 1.29 bits per heavy atom. The van der Waals surface area contributed by atoms with Gasteiger partial charge in [0.2, 0.25) is 0 Å². The highest BCUT2D eigenvalue weighted by Gasteiger charge is 2.18. The van der Waals surface area contributed by atoms with Crippen LogP contribution < -0.4 is 0 Å². The Labute approximate surface area is 100 Å². The van der Waals surface area contributed by atoms with Gasteiger partial charge in [0.15, 0.2) is 5.82 Å². The maximum atomic E-state index is 5.58. The van der Waals surface area contributed by atoms with Gasteiger partial charge in [0.1, 0.15) is 5.82 Å². The molecule has 0 bridgehead atoms. The lowest BCUT2D eigenvalue weighted by atomic mass is 10.2. The van der Waals surface area contributed by atoms with Crippen molar-refractivity contribution in [3.05, 3.63) is 36.2 Å². The van der Waals surface area contributed by atoms with Crippen molar-refractivity contribution in [2.45, 2.75) is 25.4 Å². The van der Waals surface area contributed by atoms with E-state index < -0.39 is 0 Å². The molecule has 1 aromatic carbocycles. The number of hydrogen-bond donors (Lipinski definition) is 1. The van der Waals surface area contributed by atoms with Crippen molar-refractivity contribution < 1.29 is 4.74 Å². The molecular formula is C13H15N3O. The zero-order valence-corrected chi connectivity index (χ0v) is 9.60. The predicted molar refractivity (Wildman–Crippen MR) is 64.5 cm³/mol.